The molecule has 2 aromatic carbocycles. The predicted molar refractivity (Wildman–Crippen MR) is 79.5 cm³/mol. The number of nitrogens with two attached hydrogens (primary N) is 1. The van der Waals surface area contributed by atoms with Gasteiger partial charge < -0.3 is 0 Å². The zero-order valence-electron chi connectivity index (χ0n) is 9.65. The van der Waals surface area contributed by atoms with Crippen LogP contribution >= 0.6 is 22.6 Å². The molecule has 0 spiro atoms. The Morgan fingerprint density at radius 2 is 1.71 bits per heavy atom. The molecule has 88 valence electrons. The molecule has 2 nitrogen and oxygen atoms in total. The van der Waals surface area contributed by atoms with Crippen molar-refractivity contribution in [2.75, 3.05) is 0 Å². The fourth-order valence-corrected chi connectivity index (χ4v) is 2.53. The summed E-state index contributed by atoms with van der Waals surface area (Å²) in [4.78, 5) is 0. The first kappa shape index (κ1) is 12.5. The van der Waals surface area contributed by atoms with E-state index in [2.05, 4.69) is 71.3 Å². The van der Waals surface area contributed by atoms with Crippen LogP contribution in [0.5, 0.6) is 0 Å². The smallest absolute Gasteiger partial charge is 0.0720 e. The molecule has 0 saturated heterocycles. The van der Waals surface area contributed by atoms with Gasteiger partial charge in [0.2, 0.25) is 0 Å². The van der Waals surface area contributed by atoms with Crippen molar-refractivity contribution in [3.05, 3.63) is 68.8 Å². The molecule has 3 heteroatoms. The van der Waals surface area contributed by atoms with Crippen LogP contribution in [-0.4, -0.2) is 0 Å². The molecule has 3 N–H and O–H groups in total. The quantitative estimate of drug-likeness (QED) is 0.513. The molecular formula is C14H15IN2. The number of nitrogens with one attached hydrogen (secondary N) is 1. The van der Waals surface area contributed by atoms with E-state index in [1.807, 2.05) is 12.1 Å². The van der Waals surface area contributed by atoms with Crippen molar-refractivity contribution >= 4 is 22.6 Å². The van der Waals surface area contributed by atoms with Gasteiger partial charge in [0.05, 0.1) is 6.04 Å². The van der Waals surface area contributed by atoms with E-state index < -0.39 is 0 Å². The van der Waals surface area contributed by atoms with Gasteiger partial charge in [0.25, 0.3) is 0 Å². The molecule has 0 saturated carbocycles. The average molecular weight is 338 g/mol. The van der Waals surface area contributed by atoms with Crippen molar-refractivity contribution in [3.63, 3.8) is 0 Å². The standard InChI is InChI=1S/C14H15IN2/c1-10-6-8-11(9-7-10)14(17-16)12-4-2-3-5-13(12)15/h2-9,14,17H,16H2,1H3. The number of hydrogen-bond acceptors (Lipinski definition) is 2. The Kier molecular flexibility index (Phi) is 4.15. The zero-order valence-corrected chi connectivity index (χ0v) is 11.8. The van der Waals surface area contributed by atoms with Gasteiger partial charge in [-0.1, -0.05) is 48.0 Å². The molecular weight excluding hydrogens is 323 g/mol. The van der Waals surface area contributed by atoms with Crippen molar-refractivity contribution in [1.82, 2.24) is 5.43 Å². The third kappa shape index (κ3) is 2.86. The highest BCUT2D eigenvalue weighted by Gasteiger charge is 2.14. The lowest BCUT2D eigenvalue weighted by molar-refractivity contribution is 0.634. The van der Waals surface area contributed by atoms with Crippen LogP contribution in [0, 0.1) is 10.5 Å². The highest BCUT2D eigenvalue weighted by molar-refractivity contribution is 14.1. The highest BCUT2D eigenvalue weighted by Crippen LogP contribution is 2.25. The van der Waals surface area contributed by atoms with E-state index >= 15 is 0 Å². The van der Waals surface area contributed by atoms with Gasteiger partial charge in [-0.3, -0.25) is 5.84 Å². The first-order chi connectivity index (χ1) is 8.22. The van der Waals surface area contributed by atoms with Gasteiger partial charge in [-0.2, -0.15) is 0 Å². The van der Waals surface area contributed by atoms with E-state index in [4.69, 9.17) is 5.84 Å². The maximum absolute atomic E-state index is 5.69. The summed E-state index contributed by atoms with van der Waals surface area (Å²) in [5.41, 5.74) is 6.54. The van der Waals surface area contributed by atoms with Crippen LogP contribution in [0.4, 0.5) is 0 Å². The Morgan fingerprint density at radius 1 is 1.06 bits per heavy atom. The Hall–Kier alpha value is -0.910. The molecule has 0 aliphatic heterocycles. The van der Waals surface area contributed by atoms with Gasteiger partial charge in [0.1, 0.15) is 0 Å². The lowest BCUT2D eigenvalue weighted by atomic mass is 9.98. The lowest BCUT2D eigenvalue weighted by Crippen LogP contribution is -2.29. The molecule has 0 aromatic heterocycles. The van der Waals surface area contributed by atoms with Crippen LogP contribution in [0.25, 0.3) is 0 Å². The minimum absolute atomic E-state index is 0.0451. The summed E-state index contributed by atoms with van der Waals surface area (Å²) >= 11 is 2.34. The van der Waals surface area contributed by atoms with Gasteiger partial charge in [0.15, 0.2) is 0 Å². The second-order valence-corrected chi connectivity index (χ2v) is 5.19. The Balaban J connectivity index is 2.40. The number of halogens is 1. The first-order valence-corrected chi connectivity index (χ1v) is 6.57. The Bertz CT molecular complexity index is 494. The minimum atomic E-state index is 0.0451. The molecule has 17 heavy (non-hydrogen) atoms. The summed E-state index contributed by atoms with van der Waals surface area (Å²) in [6.45, 7) is 2.08. The number of hydrazine groups is 1. The average Bonchev–Trinajstić information content (AvgIpc) is 2.35. The van der Waals surface area contributed by atoms with Crippen molar-refractivity contribution in [1.29, 1.82) is 0 Å². The second kappa shape index (κ2) is 5.62. The van der Waals surface area contributed by atoms with Crippen molar-refractivity contribution in [3.8, 4) is 0 Å². The fourth-order valence-electron chi connectivity index (χ4n) is 1.83. The number of hydrogen-bond donors (Lipinski definition) is 2. The maximum atomic E-state index is 5.69. The van der Waals surface area contributed by atoms with Crippen molar-refractivity contribution in [2.45, 2.75) is 13.0 Å². The van der Waals surface area contributed by atoms with Crippen LogP contribution in [0.15, 0.2) is 48.5 Å². The topological polar surface area (TPSA) is 38.0 Å². The molecule has 1 atom stereocenters. The summed E-state index contributed by atoms with van der Waals surface area (Å²) in [5, 5.41) is 0. The molecule has 0 aliphatic rings. The fraction of sp³-hybridized carbons (Fsp3) is 0.143. The van der Waals surface area contributed by atoms with E-state index in [1.165, 1.54) is 20.3 Å². The largest absolute Gasteiger partial charge is 0.271 e. The van der Waals surface area contributed by atoms with Crippen LogP contribution in [-0.2, 0) is 0 Å². The second-order valence-electron chi connectivity index (χ2n) is 4.03. The minimum Gasteiger partial charge on any atom is -0.271 e. The van der Waals surface area contributed by atoms with Gasteiger partial charge in [-0.05, 0) is 46.7 Å². The SMILES string of the molecule is Cc1ccc(C(NN)c2ccccc2I)cc1. The molecule has 2 rings (SSSR count). The third-order valence-corrected chi connectivity index (χ3v) is 3.78. The Morgan fingerprint density at radius 3 is 2.29 bits per heavy atom. The highest BCUT2D eigenvalue weighted by atomic mass is 127. The summed E-state index contributed by atoms with van der Waals surface area (Å²) < 4.78 is 1.22. The number of aryl methyl sites for hydroxylation is 1. The molecule has 0 radical (unpaired) electrons. The van der Waals surface area contributed by atoms with E-state index in [9.17, 15) is 0 Å². The van der Waals surface area contributed by atoms with E-state index in [1.54, 1.807) is 0 Å². The van der Waals surface area contributed by atoms with Gasteiger partial charge >= 0.3 is 0 Å². The van der Waals surface area contributed by atoms with Gasteiger partial charge in [-0.15, -0.1) is 0 Å². The summed E-state index contributed by atoms with van der Waals surface area (Å²) in [7, 11) is 0. The van der Waals surface area contributed by atoms with Crippen molar-refractivity contribution in [2.24, 2.45) is 5.84 Å². The van der Waals surface area contributed by atoms with E-state index in [-0.39, 0.29) is 6.04 Å². The lowest BCUT2D eigenvalue weighted by Gasteiger charge is -2.18. The van der Waals surface area contributed by atoms with Crippen LogP contribution in [0.1, 0.15) is 22.7 Å². The molecule has 0 fully saturated rings. The molecule has 0 heterocycles. The summed E-state index contributed by atoms with van der Waals surface area (Å²) in [6.07, 6.45) is 0. The Labute approximate surface area is 115 Å². The monoisotopic (exact) mass is 338 g/mol. The van der Waals surface area contributed by atoms with E-state index in [0.717, 1.165) is 0 Å². The summed E-state index contributed by atoms with van der Waals surface area (Å²) in [5.74, 6) is 5.69. The van der Waals surface area contributed by atoms with Crippen LogP contribution < -0.4 is 11.3 Å². The van der Waals surface area contributed by atoms with Gasteiger partial charge in [0, 0.05) is 3.57 Å². The summed E-state index contributed by atoms with van der Waals surface area (Å²) in [6, 6.07) is 16.8. The van der Waals surface area contributed by atoms with Crippen LogP contribution in [0.2, 0.25) is 0 Å². The molecule has 0 aliphatic carbocycles. The van der Waals surface area contributed by atoms with Crippen LogP contribution in [0.3, 0.4) is 0 Å². The maximum Gasteiger partial charge on any atom is 0.0720 e. The molecule has 2 aromatic rings. The molecule has 1 unspecified atom stereocenters. The third-order valence-electron chi connectivity index (χ3n) is 2.79. The van der Waals surface area contributed by atoms with Crippen molar-refractivity contribution < 1.29 is 0 Å². The normalized spacial score (nSPS) is 12.4. The first-order valence-electron chi connectivity index (χ1n) is 5.49. The van der Waals surface area contributed by atoms with E-state index in [0.29, 0.717) is 0 Å². The predicted octanol–water partition coefficient (Wildman–Crippen LogP) is 3.15. The molecule has 0 bridgehead atoms. The number of benzene rings is 2. The molecule has 0 amide bonds. The zero-order chi connectivity index (χ0) is 12.3. The van der Waals surface area contributed by atoms with Gasteiger partial charge in [-0.25, -0.2) is 5.43 Å². The number of rotatable bonds is 3.